The first-order valence-corrected chi connectivity index (χ1v) is 13.9. The van der Waals surface area contributed by atoms with Crippen molar-refractivity contribution < 1.29 is 9.84 Å². The highest BCUT2D eigenvalue weighted by atomic mass is 79.9. The van der Waals surface area contributed by atoms with E-state index in [1.165, 1.54) is 15.3 Å². The number of hydrogen-bond donors (Lipinski definition) is 3. The van der Waals surface area contributed by atoms with Gasteiger partial charge in [0.05, 0.1) is 6.61 Å². The van der Waals surface area contributed by atoms with Crippen molar-refractivity contribution >= 4 is 39.1 Å². The maximum atomic E-state index is 13.0. The standard InChI is InChI=1S/C25H34BrN7O4S/c1-18-16-33(22-6-4-20(17-34)37-22)25(36)32(23(18)35)9-2-8-30-11-13-31(14-12-30)10-7-27-24(38)29-21-5-3-19(26)15-28-21/h3-6,15-16,20,22,34H,2,7-14,17H2,1H3,(H2,27,28,29,38). The second-order valence-corrected chi connectivity index (χ2v) is 10.7. The van der Waals surface area contributed by atoms with E-state index in [0.29, 0.717) is 29.5 Å². The van der Waals surface area contributed by atoms with Crippen LogP contribution >= 0.6 is 28.1 Å². The molecule has 0 amide bonds. The SMILES string of the molecule is Cc1cn(C2C=CC(CO)O2)c(=O)n(CCCN2CCN(CCNC(=S)Nc3ccc(Br)cn3)CC2)c1=O. The van der Waals surface area contributed by atoms with Gasteiger partial charge in [-0.3, -0.25) is 18.8 Å². The minimum absolute atomic E-state index is 0.154. The van der Waals surface area contributed by atoms with Crippen LogP contribution in [-0.4, -0.2) is 92.7 Å². The largest absolute Gasteiger partial charge is 0.393 e. The molecule has 1 saturated heterocycles. The topological polar surface area (TPSA) is 117 Å². The molecule has 0 spiro atoms. The number of pyridine rings is 1. The molecule has 0 saturated carbocycles. The number of aliphatic hydroxyl groups excluding tert-OH is 1. The van der Waals surface area contributed by atoms with Gasteiger partial charge in [-0.15, -0.1) is 0 Å². The Morgan fingerprint density at radius 3 is 2.55 bits per heavy atom. The Morgan fingerprint density at radius 1 is 1.16 bits per heavy atom. The Morgan fingerprint density at radius 2 is 1.89 bits per heavy atom. The molecule has 38 heavy (non-hydrogen) atoms. The van der Waals surface area contributed by atoms with Crippen LogP contribution in [0.5, 0.6) is 0 Å². The quantitative estimate of drug-likeness (QED) is 0.266. The van der Waals surface area contributed by atoms with Crippen molar-refractivity contribution in [2.24, 2.45) is 0 Å². The van der Waals surface area contributed by atoms with Crippen LogP contribution in [0.3, 0.4) is 0 Å². The molecule has 13 heteroatoms. The van der Waals surface area contributed by atoms with E-state index >= 15 is 0 Å². The van der Waals surface area contributed by atoms with Crippen molar-refractivity contribution in [1.29, 1.82) is 0 Å². The molecular weight excluding hydrogens is 574 g/mol. The fourth-order valence-corrected chi connectivity index (χ4v) is 4.96. The highest BCUT2D eigenvalue weighted by Crippen LogP contribution is 2.19. The summed E-state index contributed by atoms with van der Waals surface area (Å²) in [4.78, 5) is 34.7. The number of aryl methyl sites for hydroxylation is 1. The number of ether oxygens (including phenoxy) is 1. The van der Waals surface area contributed by atoms with Gasteiger partial charge >= 0.3 is 5.69 Å². The molecule has 2 aromatic rings. The molecule has 1 fully saturated rings. The smallest absolute Gasteiger partial charge is 0.333 e. The summed E-state index contributed by atoms with van der Waals surface area (Å²) in [5.74, 6) is 0.699. The van der Waals surface area contributed by atoms with Gasteiger partial charge in [0, 0.05) is 68.2 Å². The number of nitrogens with zero attached hydrogens (tertiary/aromatic N) is 5. The Kier molecular flexibility index (Phi) is 10.2. The van der Waals surface area contributed by atoms with Gasteiger partial charge in [-0.1, -0.05) is 6.08 Å². The van der Waals surface area contributed by atoms with Gasteiger partial charge in [0.1, 0.15) is 11.9 Å². The predicted molar refractivity (Wildman–Crippen MR) is 153 cm³/mol. The minimum atomic E-state index is -0.615. The maximum Gasteiger partial charge on any atom is 0.333 e. The molecule has 206 valence electrons. The summed E-state index contributed by atoms with van der Waals surface area (Å²) in [5.41, 5.74) is -0.180. The van der Waals surface area contributed by atoms with Crippen LogP contribution in [0.15, 0.2) is 50.7 Å². The average Bonchev–Trinajstić information content (AvgIpc) is 3.39. The number of rotatable bonds is 10. The van der Waals surface area contributed by atoms with Crippen molar-refractivity contribution in [3.05, 3.63) is 67.6 Å². The van der Waals surface area contributed by atoms with Crippen LogP contribution in [0.25, 0.3) is 0 Å². The molecule has 0 aromatic carbocycles. The Labute approximate surface area is 235 Å². The van der Waals surface area contributed by atoms with Gasteiger partial charge in [-0.2, -0.15) is 0 Å². The molecule has 2 unspecified atom stereocenters. The van der Waals surface area contributed by atoms with Crippen molar-refractivity contribution in [3.8, 4) is 0 Å². The number of aromatic nitrogens is 3. The summed E-state index contributed by atoms with van der Waals surface area (Å²) in [5, 5.41) is 16.1. The molecule has 2 aliphatic heterocycles. The van der Waals surface area contributed by atoms with Crippen molar-refractivity contribution in [1.82, 2.24) is 29.2 Å². The number of hydrogen-bond acceptors (Lipinski definition) is 8. The van der Waals surface area contributed by atoms with E-state index in [1.54, 1.807) is 25.3 Å². The predicted octanol–water partition coefficient (Wildman–Crippen LogP) is 0.916. The summed E-state index contributed by atoms with van der Waals surface area (Å²) in [6, 6.07) is 3.76. The van der Waals surface area contributed by atoms with Gasteiger partial charge in [0.15, 0.2) is 11.3 Å². The molecule has 2 aromatic heterocycles. The number of piperazine rings is 1. The first-order chi connectivity index (χ1) is 18.3. The molecule has 0 radical (unpaired) electrons. The third-order valence-electron chi connectivity index (χ3n) is 6.63. The zero-order valence-electron chi connectivity index (χ0n) is 21.4. The second kappa shape index (κ2) is 13.6. The highest BCUT2D eigenvalue weighted by molar-refractivity contribution is 9.10. The van der Waals surface area contributed by atoms with Gasteiger partial charge in [0.2, 0.25) is 0 Å². The fourth-order valence-electron chi connectivity index (χ4n) is 4.52. The maximum absolute atomic E-state index is 13.0. The molecule has 0 aliphatic carbocycles. The molecule has 2 aliphatic rings. The average molecular weight is 609 g/mol. The van der Waals surface area contributed by atoms with Crippen LogP contribution in [0, 0.1) is 6.92 Å². The van der Waals surface area contributed by atoms with E-state index in [9.17, 15) is 14.7 Å². The van der Waals surface area contributed by atoms with Crippen LogP contribution in [0.2, 0.25) is 0 Å². The molecule has 4 heterocycles. The van der Waals surface area contributed by atoms with Gasteiger partial charge in [-0.05, 0) is 66.2 Å². The number of nitrogens with one attached hydrogen (secondary N) is 2. The first-order valence-electron chi connectivity index (χ1n) is 12.7. The Bertz CT molecular complexity index is 1240. The minimum Gasteiger partial charge on any atom is -0.393 e. The lowest BCUT2D eigenvalue weighted by Crippen LogP contribution is -2.49. The van der Waals surface area contributed by atoms with E-state index in [4.69, 9.17) is 17.0 Å². The number of aliphatic hydroxyl groups is 1. The van der Waals surface area contributed by atoms with Crippen molar-refractivity contribution in [2.45, 2.75) is 32.2 Å². The zero-order chi connectivity index (χ0) is 27.1. The van der Waals surface area contributed by atoms with Crippen LogP contribution < -0.4 is 21.9 Å². The monoisotopic (exact) mass is 607 g/mol. The summed E-state index contributed by atoms with van der Waals surface area (Å²) in [7, 11) is 0. The Hall–Kier alpha value is -2.42. The molecule has 3 N–H and O–H groups in total. The summed E-state index contributed by atoms with van der Waals surface area (Å²) in [6.07, 6.45) is 6.35. The zero-order valence-corrected chi connectivity index (χ0v) is 23.8. The van der Waals surface area contributed by atoms with Gasteiger partial charge in [-0.25, -0.2) is 9.78 Å². The fraction of sp³-hybridized carbons (Fsp3) is 0.520. The van der Waals surface area contributed by atoms with Crippen molar-refractivity contribution in [3.63, 3.8) is 0 Å². The van der Waals surface area contributed by atoms with E-state index in [0.717, 1.165) is 50.3 Å². The molecule has 4 rings (SSSR count). The first kappa shape index (κ1) is 28.6. The van der Waals surface area contributed by atoms with Crippen LogP contribution in [-0.2, 0) is 11.3 Å². The van der Waals surface area contributed by atoms with Crippen molar-refractivity contribution in [2.75, 3.05) is 57.7 Å². The molecule has 11 nitrogen and oxygen atoms in total. The highest BCUT2D eigenvalue weighted by Gasteiger charge is 2.23. The third kappa shape index (κ3) is 7.58. The van der Waals surface area contributed by atoms with E-state index in [-0.39, 0.29) is 12.2 Å². The van der Waals surface area contributed by atoms with E-state index < -0.39 is 18.0 Å². The molecule has 2 atom stereocenters. The summed E-state index contributed by atoms with van der Waals surface area (Å²) >= 11 is 8.71. The lowest BCUT2D eigenvalue weighted by Gasteiger charge is -2.34. The summed E-state index contributed by atoms with van der Waals surface area (Å²) in [6.45, 7) is 8.09. The van der Waals surface area contributed by atoms with Crippen LogP contribution in [0.4, 0.5) is 5.82 Å². The lowest BCUT2D eigenvalue weighted by atomic mass is 10.2. The molecule has 0 bridgehead atoms. The van der Waals surface area contributed by atoms with Gasteiger partial charge < -0.3 is 25.4 Å². The lowest BCUT2D eigenvalue weighted by molar-refractivity contribution is -0.0111. The summed E-state index contributed by atoms with van der Waals surface area (Å²) < 4.78 is 9.29. The third-order valence-corrected chi connectivity index (χ3v) is 7.34. The Balaban J connectivity index is 1.18. The molecular formula is C25H34BrN7O4S. The number of thiocarbonyl (C=S) groups is 1. The number of halogens is 1. The van der Waals surface area contributed by atoms with E-state index in [1.807, 2.05) is 12.1 Å². The van der Waals surface area contributed by atoms with Crippen LogP contribution in [0.1, 0.15) is 18.2 Å². The van der Waals surface area contributed by atoms with Gasteiger partial charge in [0.25, 0.3) is 5.56 Å². The normalized spacial score (nSPS) is 20.1. The second-order valence-electron chi connectivity index (χ2n) is 9.37. The van der Waals surface area contributed by atoms with E-state index in [2.05, 4.69) is 41.3 Å². The number of anilines is 1.